The summed E-state index contributed by atoms with van der Waals surface area (Å²) in [6, 6.07) is 0. The molecule has 0 radical (unpaired) electrons. The Morgan fingerprint density at radius 1 is 1.27 bits per heavy atom. The SMILES string of the molecule is CC(C)O[Si](C)(C)C[SiH](C)C. The lowest BCUT2D eigenvalue weighted by Gasteiger charge is -2.26. The first-order valence-electron chi connectivity index (χ1n) is 4.51. The molecule has 0 amide bonds. The zero-order valence-electron chi connectivity index (χ0n) is 8.77. The lowest BCUT2D eigenvalue weighted by atomic mass is 10.5. The largest absolute Gasteiger partial charge is 0.415 e. The molecule has 0 aliphatic rings. The van der Waals surface area contributed by atoms with Gasteiger partial charge in [0.1, 0.15) is 0 Å². The highest BCUT2D eigenvalue weighted by atomic mass is 28.4. The van der Waals surface area contributed by atoms with Gasteiger partial charge in [0.2, 0.25) is 0 Å². The molecule has 0 spiro atoms. The monoisotopic (exact) mass is 190 g/mol. The van der Waals surface area contributed by atoms with Gasteiger partial charge in [-0.3, -0.25) is 0 Å². The molecule has 0 aromatic heterocycles. The van der Waals surface area contributed by atoms with Crippen LogP contribution in [0.5, 0.6) is 0 Å². The fraction of sp³-hybridized carbons (Fsp3) is 1.00. The third-order valence-electron chi connectivity index (χ3n) is 1.45. The molecule has 0 saturated heterocycles. The first-order chi connectivity index (χ1) is 4.83. The highest BCUT2D eigenvalue weighted by molar-refractivity contribution is 6.83. The van der Waals surface area contributed by atoms with Gasteiger partial charge in [-0.15, -0.1) is 0 Å². The van der Waals surface area contributed by atoms with Crippen molar-refractivity contribution in [1.82, 2.24) is 0 Å². The molecule has 0 heterocycles. The summed E-state index contributed by atoms with van der Waals surface area (Å²) in [4.78, 5) is 0. The van der Waals surface area contributed by atoms with Crippen molar-refractivity contribution in [2.75, 3.05) is 0 Å². The van der Waals surface area contributed by atoms with E-state index in [1.165, 1.54) is 5.67 Å². The number of rotatable bonds is 4. The van der Waals surface area contributed by atoms with E-state index in [9.17, 15) is 0 Å². The van der Waals surface area contributed by atoms with Gasteiger partial charge in [0.15, 0.2) is 8.32 Å². The zero-order chi connectivity index (χ0) is 9.07. The molecule has 0 unspecified atom stereocenters. The van der Waals surface area contributed by atoms with E-state index in [1.54, 1.807) is 0 Å². The van der Waals surface area contributed by atoms with Crippen LogP contribution >= 0.6 is 0 Å². The molecule has 11 heavy (non-hydrogen) atoms. The Morgan fingerprint density at radius 3 is 2.00 bits per heavy atom. The van der Waals surface area contributed by atoms with E-state index >= 15 is 0 Å². The van der Waals surface area contributed by atoms with E-state index in [0.29, 0.717) is 6.10 Å². The average Bonchev–Trinajstić information content (AvgIpc) is 1.53. The molecular formula is C8H22OSi2. The van der Waals surface area contributed by atoms with Gasteiger partial charge in [-0.05, 0) is 32.6 Å². The number of hydrogen-bond donors (Lipinski definition) is 0. The molecule has 0 rings (SSSR count). The van der Waals surface area contributed by atoms with Crippen molar-refractivity contribution in [3.63, 3.8) is 0 Å². The van der Waals surface area contributed by atoms with E-state index in [2.05, 4.69) is 40.0 Å². The van der Waals surface area contributed by atoms with Crippen LogP contribution in [0.3, 0.4) is 0 Å². The topological polar surface area (TPSA) is 9.23 Å². The van der Waals surface area contributed by atoms with Crippen LogP contribution in [-0.4, -0.2) is 23.2 Å². The lowest BCUT2D eigenvalue weighted by molar-refractivity contribution is 0.234. The highest BCUT2D eigenvalue weighted by Gasteiger charge is 2.24. The number of hydrogen-bond acceptors (Lipinski definition) is 1. The second-order valence-electron chi connectivity index (χ2n) is 4.52. The van der Waals surface area contributed by atoms with Crippen molar-refractivity contribution in [3.05, 3.63) is 0 Å². The Bertz CT molecular complexity index is 98.7. The molecule has 0 aromatic rings. The molecule has 0 aliphatic carbocycles. The van der Waals surface area contributed by atoms with E-state index in [-0.39, 0.29) is 0 Å². The second kappa shape index (κ2) is 4.43. The van der Waals surface area contributed by atoms with Gasteiger partial charge in [-0.25, -0.2) is 0 Å². The lowest BCUT2D eigenvalue weighted by Crippen LogP contribution is -2.36. The third-order valence-corrected chi connectivity index (χ3v) is 9.76. The van der Waals surface area contributed by atoms with Crippen LogP contribution in [-0.2, 0) is 4.43 Å². The maximum atomic E-state index is 5.92. The Hall–Kier alpha value is 0.394. The third kappa shape index (κ3) is 6.78. The van der Waals surface area contributed by atoms with Crippen molar-refractivity contribution < 1.29 is 4.43 Å². The van der Waals surface area contributed by atoms with Crippen molar-refractivity contribution in [1.29, 1.82) is 0 Å². The molecule has 0 fully saturated rings. The van der Waals surface area contributed by atoms with Gasteiger partial charge in [0.25, 0.3) is 0 Å². The summed E-state index contributed by atoms with van der Waals surface area (Å²) in [7, 11) is -1.69. The maximum Gasteiger partial charge on any atom is 0.184 e. The minimum absolute atomic E-state index is 0.418. The van der Waals surface area contributed by atoms with Crippen molar-refractivity contribution in [2.24, 2.45) is 0 Å². The van der Waals surface area contributed by atoms with Gasteiger partial charge >= 0.3 is 0 Å². The molecule has 3 heteroatoms. The average molecular weight is 190 g/mol. The van der Waals surface area contributed by atoms with E-state index < -0.39 is 17.1 Å². The van der Waals surface area contributed by atoms with Crippen LogP contribution in [0.1, 0.15) is 13.8 Å². The Balaban J connectivity index is 3.79. The van der Waals surface area contributed by atoms with Gasteiger partial charge in [0.05, 0.1) is 0 Å². The zero-order valence-corrected chi connectivity index (χ0v) is 10.9. The summed E-state index contributed by atoms with van der Waals surface area (Å²) in [6.07, 6.45) is 0.421. The van der Waals surface area contributed by atoms with E-state index in [0.717, 1.165) is 0 Å². The van der Waals surface area contributed by atoms with Crippen molar-refractivity contribution in [3.8, 4) is 0 Å². The minimum Gasteiger partial charge on any atom is -0.415 e. The molecular weight excluding hydrogens is 168 g/mol. The van der Waals surface area contributed by atoms with Gasteiger partial charge < -0.3 is 4.43 Å². The first kappa shape index (κ1) is 11.4. The Kier molecular flexibility index (Phi) is 4.59. The van der Waals surface area contributed by atoms with E-state index in [4.69, 9.17) is 4.43 Å². The van der Waals surface area contributed by atoms with Gasteiger partial charge in [-0.2, -0.15) is 0 Å². The summed E-state index contributed by atoms with van der Waals surface area (Å²) in [5, 5.41) is 0. The van der Waals surface area contributed by atoms with Crippen LogP contribution < -0.4 is 0 Å². The molecule has 0 aromatic carbocycles. The summed E-state index contributed by atoms with van der Waals surface area (Å²) in [5.41, 5.74) is 1.41. The summed E-state index contributed by atoms with van der Waals surface area (Å²) in [5.74, 6) is 0. The minimum atomic E-state index is -1.27. The fourth-order valence-electron chi connectivity index (χ4n) is 1.67. The normalized spacial score (nSPS) is 13.1. The summed E-state index contributed by atoms with van der Waals surface area (Å²) in [6.45, 7) is 13.7. The molecule has 0 bridgehead atoms. The van der Waals surface area contributed by atoms with Crippen molar-refractivity contribution in [2.45, 2.75) is 51.8 Å². The second-order valence-corrected chi connectivity index (χ2v) is 12.7. The van der Waals surface area contributed by atoms with Crippen LogP contribution in [0.2, 0.25) is 31.9 Å². The Morgan fingerprint density at radius 2 is 1.73 bits per heavy atom. The quantitative estimate of drug-likeness (QED) is 0.619. The molecule has 68 valence electrons. The molecule has 0 atom stereocenters. The summed E-state index contributed by atoms with van der Waals surface area (Å²) < 4.78 is 5.92. The maximum absolute atomic E-state index is 5.92. The van der Waals surface area contributed by atoms with Crippen LogP contribution in [0.15, 0.2) is 0 Å². The Labute approximate surface area is 73.9 Å². The van der Waals surface area contributed by atoms with Gasteiger partial charge in [0, 0.05) is 14.9 Å². The fourth-order valence-corrected chi connectivity index (χ4v) is 11.2. The molecule has 1 nitrogen and oxygen atoms in total. The van der Waals surface area contributed by atoms with E-state index in [1.807, 2.05) is 0 Å². The van der Waals surface area contributed by atoms with Crippen molar-refractivity contribution >= 4 is 17.1 Å². The summed E-state index contributed by atoms with van der Waals surface area (Å²) >= 11 is 0. The van der Waals surface area contributed by atoms with Gasteiger partial charge in [-0.1, -0.05) is 13.1 Å². The predicted molar refractivity (Wildman–Crippen MR) is 57.4 cm³/mol. The highest BCUT2D eigenvalue weighted by Crippen LogP contribution is 2.15. The molecule has 0 saturated carbocycles. The molecule has 0 aliphatic heterocycles. The predicted octanol–water partition coefficient (Wildman–Crippen LogP) is 2.64. The standard InChI is InChI=1S/C8H22OSi2/c1-8(2)9-11(5,6)7-10(3)4/h8,10H,7H2,1-6H3. The van der Waals surface area contributed by atoms with Crippen LogP contribution in [0.25, 0.3) is 0 Å². The van der Waals surface area contributed by atoms with Crippen LogP contribution in [0.4, 0.5) is 0 Å². The smallest absolute Gasteiger partial charge is 0.184 e. The van der Waals surface area contributed by atoms with Crippen LogP contribution in [0, 0.1) is 0 Å². The molecule has 0 N–H and O–H groups in total. The first-order valence-corrected chi connectivity index (χ1v) is 10.8.